The van der Waals surface area contributed by atoms with Crippen molar-refractivity contribution < 1.29 is 35.5 Å². The Hall–Kier alpha value is -2.24. The van der Waals surface area contributed by atoms with Crippen LogP contribution < -0.4 is 4.74 Å². The number of halogens is 4. The number of hydrogen-bond acceptors (Lipinski definition) is 5. The van der Waals surface area contributed by atoms with Crippen LogP contribution in [0.2, 0.25) is 0 Å². The van der Waals surface area contributed by atoms with E-state index < -0.39 is 33.7 Å². The summed E-state index contributed by atoms with van der Waals surface area (Å²) in [5, 5.41) is 0. The Balaban J connectivity index is 1.74. The third-order valence-corrected chi connectivity index (χ3v) is 5.88. The minimum atomic E-state index is -4.52. The minimum absolute atomic E-state index is 0.0398. The van der Waals surface area contributed by atoms with Gasteiger partial charge in [-0.3, -0.25) is 0 Å². The fourth-order valence-corrected chi connectivity index (χ4v) is 4.04. The highest BCUT2D eigenvalue weighted by Crippen LogP contribution is 2.29. The number of pyridine rings is 1. The van der Waals surface area contributed by atoms with Crippen molar-refractivity contribution in [1.29, 1.82) is 0 Å². The maximum atomic E-state index is 13.1. The fraction of sp³-hybridized carbons (Fsp3) is 0.353. The number of aromatic nitrogens is 1. The highest BCUT2D eigenvalue weighted by atomic mass is 32.2. The topological polar surface area (TPSA) is 68.7 Å². The summed E-state index contributed by atoms with van der Waals surface area (Å²) in [6.07, 6.45) is -4.65. The lowest BCUT2D eigenvalue weighted by Gasteiger charge is -2.23. The monoisotopic (exact) mass is 420 g/mol. The number of alkyl halides is 3. The van der Waals surface area contributed by atoms with Crippen LogP contribution in [0.25, 0.3) is 0 Å². The lowest BCUT2D eigenvalue weighted by Crippen LogP contribution is -2.40. The van der Waals surface area contributed by atoms with Gasteiger partial charge in [-0.05, 0) is 30.3 Å². The molecule has 1 aliphatic rings. The van der Waals surface area contributed by atoms with Crippen molar-refractivity contribution in [2.45, 2.75) is 17.2 Å². The molecular weight excluding hydrogens is 404 g/mol. The van der Waals surface area contributed by atoms with E-state index in [-0.39, 0.29) is 37.1 Å². The maximum absolute atomic E-state index is 13.1. The Kier molecular flexibility index (Phi) is 5.87. The first-order valence-electron chi connectivity index (χ1n) is 8.19. The van der Waals surface area contributed by atoms with Crippen molar-refractivity contribution in [2.75, 3.05) is 26.3 Å². The van der Waals surface area contributed by atoms with Gasteiger partial charge in [0.05, 0.1) is 30.2 Å². The van der Waals surface area contributed by atoms with Gasteiger partial charge in [0.1, 0.15) is 11.9 Å². The molecule has 1 aliphatic heterocycles. The molecule has 0 aliphatic carbocycles. The van der Waals surface area contributed by atoms with Crippen LogP contribution in [-0.4, -0.2) is 50.1 Å². The largest absolute Gasteiger partial charge is 0.470 e. The van der Waals surface area contributed by atoms with Crippen molar-refractivity contribution in [3.63, 3.8) is 0 Å². The van der Waals surface area contributed by atoms with Crippen LogP contribution >= 0.6 is 0 Å². The Bertz CT molecular complexity index is 902. The molecule has 0 spiro atoms. The number of sulfonamides is 1. The minimum Gasteiger partial charge on any atom is -0.470 e. The number of ether oxygens (including phenoxy) is 2. The van der Waals surface area contributed by atoms with Gasteiger partial charge < -0.3 is 9.47 Å². The summed E-state index contributed by atoms with van der Waals surface area (Å²) in [7, 11) is -3.92. The zero-order valence-corrected chi connectivity index (χ0v) is 15.2. The average Bonchev–Trinajstić information content (AvgIpc) is 2.88. The van der Waals surface area contributed by atoms with Crippen LogP contribution in [0.5, 0.6) is 5.88 Å². The molecule has 152 valence electrons. The molecule has 0 N–H and O–H groups in total. The van der Waals surface area contributed by atoms with E-state index >= 15 is 0 Å². The highest BCUT2D eigenvalue weighted by Gasteiger charge is 2.32. The van der Waals surface area contributed by atoms with Gasteiger partial charge in [0.15, 0.2) is 0 Å². The van der Waals surface area contributed by atoms with Crippen LogP contribution in [0.4, 0.5) is 17.6 Å². The van der Waals surface area contributed by atoms with E-state index in [9.17, 15) is 26.0 Å². The number of rotatable bonds is 4. The van der Waals surface area contributed by atoms with E-state index in [4.69, 9.17) is 9.47 Å². The van der Waals surface area contributed by atoms with Crippen molar-refractivity contribution in [3.8, 4) is 5.88 Å². The predicted octanol–water partition coefficient (Wildman–Crippen LogP) is 2.71. The zero-order valence-electron chi connectivity index (χ0n) is 14.4. The second-order valence-corrected chi connectivity index (χ2v) is 7.95. The third kappa shape index (κ3) is 4.78. The number of hydrogen-bond donors (Lipinski definition) is 0. The number of benzene rings is 1. The SMILES string of the molecule is O=S(=O)(c1ccc(F)cc1)N1CCOC[C@H](Oc2ccc(C(F)(F)F)cn2)C1. The van der Waals surface area contributed by atoms with Crippen LogP contribution in [0, 0.1) is 5.82 Å². The molecule has 2 aromatic rings. The van der Waals surface area contributed by atoms with Gasteiger partial charge >= 0.3 is 6.18 Å². The van der Waals surface area contributed by atoms with Crippen molar-refractivity contribution in [1.82, 2.24) is 9.29 Å². The first-order chi connectivity index (χ1) is 13.2. The van der Waals surface area contributed by atoms with Crippen LogP contribution in [0.3, 0.4) is 0 Å². The molecule has 0 radical (unpaired) electrons. The molecule has 1 saturated heterocycles. The van der Waals surface area contributed by atoms with E-state index in [0.717, 1.165) is 40.7 Å². The van der Waals surface area contributed by atoms with Gasteiger partial charge in [0, 0.05) is 18.8 Å². The van der Waals surface area contributed by atoms with E-state index in [0.29, 0.717) is 6.20 Å². The molecule has 0 saturated carbocycles. The highest BCUT2D eigenvalue weighted by molar-refractivity contribution is 7.89. The van der Waals surface area contributed by atoms with Crippen molar-refractivity contribution in [2.24, 2.45) is 0 Å². The third-order valence-electron chi connectivity index (χ3n) is 4.00. The standard InChI is InChI=1S/C17H16F4N2O4S/c18-13-2-4-15(5-3-13)28(24,25)23-7-8-26-11-14(10-23)27-16-6-1-12(9-22-16)17(19,20)21/h1-6,9,14H,7-8,10-11H2/t14-/m1/s1. The molecule has 11 heteroatoms. The summed E-state index contributed by atoms with van der Waals surface area (Å²) in [6, 6.07) is 6.29. The second kappa shape index (κ2) is 8.02. The van der Waals surface area contributed by atoms with E-state index in [1.807, 2.05) is 0 Å². The zero-order chi connectivity index (χ0) is 20.4. The Morgan fingerprint density at radius 3 is 2.46 bits per heavy atom. The Labute approximate surface area is 158 Å². The van der Waals surface area contributed by atoms with Crippen LogP contribution in [0.15, 0.2) is 47.5 Å². The predicted molar refractivity (Wildman–Crippen MR) is 89.6 cm³/mol. The first kappa shape index (κ1) is 20.5. The quantitative estimate of drug-likeness (QED) is 0.712. The van der Waals surface area contributed by atoms with Gasteiger partial charge in [0.2, 0.25) is 15.9 Å². The molecule has 0 amide bonds. The van der Waals surface area contributed by atoms with E-state index in [1.54, 1.807) is 0 Å². The van der Waals surface area contributed by atoms with Crippen LogP contribution in [0.1, 0.15) is 5.56 Å². The van der Waals surface area contributed by atoms with Crippen LogP contribution in [-0.2, 0) is 20.9 Å². The molecule has 1 atom stereocenters. The van der Waals surface area contributed by atoms with Crippen molar-refractivity contribution in [3.05, 3.63) is 54.0 Å². The average molecular weight is 420 g/mol. The lowest BCUT2D eigenvalue weighted by atomic mass is 10.3. The Morgan fingerprint density at radius 2 is 1.86 bits per heavy atom. The van der Waals surface area contributed by atoms with Crippen molar-refractivity contribution >= 4 is 10.0 Å². The summed E-state index contributed by atoms with van der Waals surface area (Å²) in [4.78, 5) is 3.54. The van der Waals surface area contributed by atoms with E-state index in [2.05, 4.69) is 4.98 Å². The summed E-state index contributed by atoms with van der Waals surface area (Å²) in [5.74, 6) is -0.643. The van der Waals surface area contributed by atoms with Gasteiger partial charge in [0.25, 0.3) is 0 Å². The molecule has 1 aromatic heterocycles. The van der Waals surface area contributed by atoms with E-state index in [1.165, 1.54) is 0 Å². The maximum Gasteiger partial charge on any atom is 0.417 e. The number of nitrogens with zero attached hydrogens (tertiary/aromatic N) is 2. The summed E-state index contributed by atoms with van der Waals surface area (Å²) in [5.41, 5.74) is -0.919. The molecular formula is C17H16F4N2O4S. The van der Waals surface area contributed by atoms with Gasteiger partial charge in [-0.25, -0.2) is 17.8 Å². The first-order valence-corrected chi connectivity index (χ1v) is 9.63. The summed E-state index contributed by atoms with van der Waals surface area (Å²) in [6.45, 7) is 0.112. The van der Waals surface area contributed by atoms with Gasteiger partial charge in [-0.1, -0.05) is 0 Å². The molecule has 1 fully saturated rings. The molecule has 6 nitrogen and oxygen atoms in total. The molecule has 0 unspecified atom stereocenters. The molecule has 2 heterocycles. The van der Waals surface area contributed by atoms with Gasteiger partial charge in [-0.2, -0.15) is 17.5 Å². The van der Waals surface area contributed by atoms with Gasteiger partial charge in [-0.15, -0.1) is 0 Å². The Morgan fingerprint density at radius 1 is 1.14 bits per heavy atom. The second-order valence-electron chi connectivity index (χ2n) is 6.01. The summed E-state index contributed by atoms with van der Waals surface area (Å²) < 4.78 is 88.4. The molecule has 1 aromatic carbocycles. The molecule has 3 rings (SSSR count). The molecule has 28 heavy (non-hydrogen) atoms. The normalized spacial score (nSPS) is 19.2. The smallest absolute Gasteiger partial charge is 0.417 e. The summed E-state index contributed by atoms with van der Waals surface area (Å²) >= 11 is 0. The molecule has 0 bridgehead atoms. The lowest BCUT2D eigenvalue weighted by molar-refractivity contribution is -0.137. The fourth-order valence-electron chi connectivity index (χ4n) is 2.59.